The number of benzene rings is 1. The quantitative estimate of drug-likeness (QED) is 0.767. The molecule has 4 N–H and O–H groups in total. The fourth-order valence-corrected chi connectivity index (χ4v) is 3.00. The maximum atomic E-state index is 12.6. The average Bonchev–Trinajstić information content (AvgIpc) is 2.58. The van der Waals surface area contributed by atoms with E-state index in [0.29, 0.717) is 12.1 Å². The van der Waals surface area contributed by atoms with Crippen molar-refractivity contribution in [2.45, 2.75) is 71.6 Å². The molecule has 0 atom stereocenters. The van der Waals surface area contributed by atoms with Crippen molar-refractivity contribution >= 4 is 17.6 Å². The van der Waals surface area contributed by atoms with Crippen molar-refractivity contribution in [2.75, 3.05) is 0 Å². The van der Waals surface area contributed by atoms with Crippen LogP contribution in [0.4, 0.5) is 0 Å². The number of ether oxygens (including phenoxy) is 1. The minimum absolute atomic E-state index is 0.0517. The summed E-state index contributed by atoms with van der Waals surface area (Å²) >= 11 is 0. The first-order chi connectivity index (χ1) is 12.5. The first-order valence-corrected chi connectivity index (χ1v) is 9.42. The molecule has 6 heteroatoms. The van der Waals surface area contributed by atoms with Crippen molar-refractivity contribution < 1.29 is 9.53 Å². The van der Waals surface area contributed by atoms with Gasteiger partial charge in [0.05, 0.1) is 18.5 Å². The number of rotatable bonds is 7. The van der Waals surface area contributed by atoms with E-state index in [2.05, 4.69) is 32.3 Å². The monoisotopic (exact) mass is 372 g/mol. The second-order valence-electron chi connectivity index (χ2n) is 8.05. The van der Waals surface area contributed by atoms with E-state index in [1.165, 1.54) is 4.90 Å². The maximum absolute atomic E-state index is 12.6. The van der Waals surface area contributed by atoms with Crippen molar-refractivity contribution in [3.8, 4) is 5.75 Å². The van der Waals surface area contributed by atoms with Gasteiger partial charge in [0.1, 0.15) is 11.4 Å². The number of nitrogens with zero attached hydrogens (tertiary/aromatic N) is 2. The molecule has 0 saturated heterocycles. The third kappa shape index (κ3) is 4.81. The lowest BCUT2D eigenvalue weighted by Gasteiger charge is -2.34. The van der Waals surface area contributed by atoms with Crippen LogP contribution in [0.15, 0.2) is 29.8 Å². The lowest BCUT2D eigenvalue weighted by molar-refractivity contribution is -0.129. The second kappa shape index (κ2) is 7.62. The number of nitrogens with two attached hydrogens (primary N) is 2. The van der Waals surface area contributed by atoms with E-state index in [-0.39, 0.29) is 24.0 Å². The second-order valence-corrected chi connectivity index (χ2v) is 8.05. The molecule has 2 rings (SSSR count). The average molecular weight is 373 g/mol. The summed E-state index contributed by atoms with van der Waals surface area (Å²) in [4.78, 5) is 18.6. The van der Waals surface area contributed by atoms with Crippen LogP contribution in [0, 0.1) is 0 Å². The first kappa shape index (κ1) is 20.8. The van der Waals surface area contributed by atoms with Gasteiger partial charge in [0.25, 0.3) is 0 Å². The normalized spacial score (nSPS) is 16.9. The van der Waals surface area contributed by atoms with Crippen molar-refractivity contribution in [3.05, 3.63) is 35.9 Å². The molecule has 1 amide bonds. The molecular weight excluding hydrogens is 340 g/mol. The maximum Gasteiger partial charge on any atom is 0.232 e. The van der Waals surface area contributed by atoms with E-state index < -0.39 is 5.54 Å². The van der Waals surface area contributed by atoms with Gasteiger partial charge in [0.15, 0.2) is 5.96 Å². The number of hydrogen-bond donors (Lipinski definition) is 2. The molecule has 0 radical (unpaired) electrons. The highest BCUT2D eigenvalue weighted by molar-refractivity contribution is 5.99. The summed E-state index contributed by atoms with van der Waals surface area (Å²) in [5, 5.41) is 0. The summed E-state index contributed by atoms with van der Waals surface area (Å²) in [5.74, 6) is 0.897. The number of hydrogen-bond acceptors (Lipinski definition) is 5. The van der Waals surface area contributed by atoms with Gasteiger partial charge in [-0.05, 0) is 57.4 Å². The molecule has 0 aromatic heterocycles. The van der Waals surface area contributed by atoms with Gasteiger partial charge in [-0.25, -0.2) is 4.99 Å². The van der Waals surface area contributed by atoms with Gasteiger partial charge in [-0.3, -0.25) is 9.69 Å². The van der Waals surface area contributed by atoms with Gasteiger partial charge in [0.2, 0.25) is 5.91 Å². The highest BCUT2D eigenvalue weighted by Gasteiger charge is 2.33. The zero-order valence-corrected chi connectivity index (χ0v) is 17.1. The van der Waals surface area contributed by atoms with E-state index in [1.807, 2.05) is 32.0 Å². The number of carbonyl (C=O) groups is 1. The topological polar surface area (TPSA) is 93.9 Å². The molecule has 27 heavy (non-hydrogen) atoms. The Kier molecular flexibility index (Phi) is 5.88. The zero-order valence-electron chi connectivity index (χ0n) is 17.1. The molecule has 1 aliphatic rings. The molecule has 0 bridgehead atoms. The Balaban J connectivity index is 2.42. The molecule has 1 heterocycles. The standard InChI is InChI=1S/C21H32N4O2/c1-7-21(6,8-2)27-17-10-9-15(14(3)22)11-16(17)13-25-18(26)12-20(4,5)24-19(25)23/h9-11H,3,7-8,12-13,22H2,1-2,4-6H3,(H2,23,24). The number of guanidine groups is 1. The molecule has 0 fully saturated rings. The van der Waals surface area contributed by atoms with Crippen molar-refractivity contribution in [3.63, 3.8) is 0 Å². The Morgan fingerprint density at radius 3 is 2.52 bits per heavy atom. The highest BCUT2D eigenvalue weighted by atomic mass is 16.5. The summed E-state index contributed by atoms with van der Waals surface area (Å²) in [5.41, 5.74) is 13.3. The van der Waals surface area contributed by atoms with Crippen molar-refractivity contribution in [1.82, 2.24) is 4.90 Å². The van der Waals surface area contributed by atoms with Crippen LogP contribution >= 0.6 is 0 Å². The summed E-state index contributed by atoms with van der Waals surface area (Å²) in [6, 6.07) is 5.67. The minimum atomic E-state index is -0.479. The third-order valence-corrected chi connectivity index (χ3v) is 5.19. The van der Waals surface area contributed by atoms with Crippen LogP contribution < -0.4 is 16.2 Å². The SMILES string of the molecule is C=C(N)c1ccc(OC(C)(CC)CC)c(CN2C(=O)CC(C)(C)N=C2N)c1. The van der Waals surface area contributed by atoms with E-state index in [0.717, 1.165) is 29.7 Å². The van der Waals surface area contributed by atoms with Crippen molar-refractivity contribution in [2.24, 2.45) is 16.5 Å². The van der Waals surface area contributed by atoms with Gasteiger partial charge in [0, 0.05) is 11.3 Å². The third-order valence-electron chi connectivity index (χ3n) is 5.19. The molecule has 148 valence electrons. The lowest BCUT2D eigenvalue weighted by Crippen LogP contribution is -2.49. The first-order valence-electron chi connectivity index (χ1n) is 9.42. The molecule has 0 spiro atoms. The Labute approximate surface area is 162 Å². The smallest absolute Gasteiger partial charge is 0.232 e. The summed E-state index contributed by atoms with van der Waals surface area (Å²) in [7, 11) is 0. The number of amides is 1. The lowest BCUT2D eigenvalue weighted by atomic mass is 9.98. The highest BCUT2D eigenvalue weighted by Crippen LogP contribution is 2.31. The van der Waals surface area contributed by atoms with Crippen LogP contribution in [0.3, 0.4) is 0 Å². The van der Waals surface area contributed by atoms with Gasteiger partial charge in [-0.15, -0.1) is 0 Å². The minimum Gasteiger partial charge on any atom is -0.487 e. The predicted octanol–water partition coefficient (Wildman–Crippen LogP) is 3.40. The molecule has 0 unspecified atom stereocenters. The molecule has 0 aliphatic carbocycles. The summed E-state index contributed by atoms with van der Waals surface area (Å²) in [6.07, 6.45) is 2.05. The van der Waals surface area contributed by atoms with E-state index in [1.54, 1.807) is 0 Å². The summed E-state index contributed by atoms with van der Waals surface area (Å²) in [6.45, 7) is 14.2. The Bertz CT molecular complexity index is 763. The molecule has 1 aromatic rings. The fourth-order valence-electron chi connectivity index (χ4n) is 3.00. The number of carbonyl (C=O) groups excluding carboxylic acids is 1. The van der Waals surface area contributed by atoms with Gasteiger partial charge < -0.3 is 16.2 Å². The van der Waals surface area contributed by atoms with Crippen LogP contribution in [0.25, 0.3) is 5.70 Å². The van der Waals surface area contributed by atoms with Gasteiger partial charge in [-0.2, -0.15) is 0 Å². The molecule has 6 nitrogen and oxygen atoms in total. The molecule has 1 aromatic carbocycles. The molecular formula is C21H32N4O2. The Morgan fingerprint density at radius 1 is 1.37 bits per heavy atom. The van der Waals surface area contributed by atoms with Gasteiger partial charge in [-0.1, -0.05) is 20.4 Å². The predicted molar refractivity (Wildman–Crippen MR) is 110 cm³/mol. The van der Waals surface area contributed by atoms with Crippen LogP contribution in [-0.2, 0) is 11.3 Å². The molecule has 1 aliphatic heterocycles. The van der Waals surface area contributed by atoms with Crippen LogP contribution in [0.1, 0.15) is 65.0 Å². The van der Waals surface area contributed by atoms with E-state index in [9.17, 15) is 4.79 Å². The summed E-state index contributed by atoms with van der Waals surface area (Å²) < 4.78 is 6.33. The largest absolute Gasteiger partial charge is 0.487 e. The van der Waals surface area contributed by atoms with Gasteiger partial charge >= 0.3 is 0 Å². The fraction of sp³-hybridized carbons (Fsp3) is 0.524. The van der Waals surface area contributed by atoms with E-state index in [4.69, 9.17) is 16.2 Å². The zero-order chi connectivity index (χ0) is 20.4. The van der Waals surface area contributed by atoms with Crippen LogP contribution in [-0.4, -0.2) is 27.9 Å². The van der Waals surface area contributed by atoms with Crippen LogP contribution in [0.5, 0.6) is 5.75 Å². The Hall–Kier alpha value is -2.50. The number of aliphatic imine (C=N–C) groups is 1. The van der Waals surface area contributed by atoms with E-state index >= 15 is 0 Å². The molecule has 0 saturated carbocycles. The van der Waals surface area contributed by atoms with Crippen LogP contribution in [0.2, 0.25) is 0 Å². The van der Waals surface area contributed by atoms with Crippen molar-refractivity contribution in [1.29, 1.82) is 0 Å². The Morgan fingerprint density at radius 2 is 2.00 bits per heavy atom.